The van der Waals surface area contributed by atoms with Gasteiger partial charge in [0, 0.05) is 34.5 Å². The number of aliphatic hydroxyl groups excluding tert-OH is 1. The molecule has 4 rings (SSSR count). The molecule has 0 saturated carbocycles. The summed E-state index contributed by atoms with van der Waals surface area (Å²) in [6.07, 6.45) is 1.62. The summed E-state index contributed by atoms with van der Waals surface area (Å²) in [7, 11) is 0. The van der Waals surface area contributed by atoms with E-state index in [2.05, 4.69) is 5.32 Å². The zero-order valence-corrected chi connectivity index (χ0v) is 18.5. The number of nitrogens with one attached hydrogen (secondary N) is 1. The molecule has 4 aromatic rings. The quantitative estimate of drug-likeness (QED) is 0.209. The van der Waals surface area contributed by atoms with E-state index in [4.69, 9.17) is 34.0 Å². The molecule has 33 heavy (non-hydrogen) atoms. The van der Waals surface area contributed by atoms with E-state index in [-0.39, 0.29) is 33.2 Å². The Morgan fingerprint density at radius 2 is 1.82 bits per heavy atom. The molecule has 0 aliphatic heterocycles. The van der Waals surface area contributed by atoms with Crippen molar-refractivity contribution < 1.29 is 19.5 Å². The molecule has 0 unspecified atom stereocenters. The normalized spacial score (nSPS) is 10.9. The van der Waals surface area contributed by atoms with E-state index < -0.39 is 18.4 Å². The number of benzene rings is 2. The fraction of sp³-hybridized carbons (Fsp3) is 0.0435. The lowest BCUT2D eigenvalue weighted by atomic mass is 10.1. The minimum atomic E-state index is -0.757. The summed E-state index contributed by atoms with van der Waals surface area (Å²) in [6, 6.07) is 15.6. The molecule has 10 heteroatoms. The van der Waals surface area contributed by atoms with Crippen LogP contribution in [0.4, 0.5) is 17.1 Å². The number of pyridine rings is 1. The van der Waals surface area contributed by atoms with Crippen LogP contribution in [0.2, 0.25) is 10.0 Å². The zero-order valence-electron chi connectivity index (χ0n) is 17.0. The van der Waals surface area contributed by atoms with Gasteiger partial charge in [0.1, 0.15) is 5.69 Å². The number of aliphatic hydroxyl groups is 1. The largest absolute Gasteiger partial charge is 0.396 e. The van der Waals surface area contributed by atoms with Gasteiger partial charge in [-0.1, -0.05) is 41.4 Å². The number of anilines is 2. The number of rotatable bonds is 6. The summed E-state index contributed by atoms with van der Waals surface area (Å²) < 4.78 is 1.86. The minimum Gasteiger partial charge on any atom is -0.396 e. The lowest BCUT2D eigenvalue weighted by molar-refractivity contribution is -0.505. The Balaban J connectivity index is 1.79. The van der Waals surface area contributed by atoms with Gasteiger partial charge in [0.25, 0.3) is 18.3 Å². The second-order valence-corrected chi connectivity index (χ2v) is 7.89. The smallest absolute Gasteiger partial charge is 0.299 e. The first-order valence-electron chi connectivity index (χ1n) is 9.67. The molecule has 0 radical (unpaired) electrons. The number of aromatic nitrogens is 1. The number of amides is 1. The Hall–Kier alpha value is -3.72. The number of ketones is 1. The second-order valence-electron chi connectivity index (χ2n) is 7.08. The third-order valence-corrected chi connectivity index (χ3v) is 5.76. The van der Waals surface area contributed by atoms with E-state index in [9.17, 15) is 14.5 Å². The van der Waals surface area contributed by atoms with Crippen molar-refractivity contribution in [3.8, 4) is 0 Å². The number of halogens is 2. The SMILES string of the molecule is Nc1c(C(=O)Nc2ccc(Cl)c(Cl)c2)c2ccccn2c1C(=O)c1cccc([N+](=O)CO)c1. The number of nitroso groups, excluding NO2 is 1. The number of nitrogen functional groups attached to an aromatic ring is 1. The number of nitrogens with zero attached hydrogens (tertiary/aromatic N) is 2. The average molecular weight is 484 g/mol. The number of hydrogen-bond donors (Lipinski definition) is 3. The van der Waals surface area contributed by atoms with Crippen molar-refractivity contribution in [1.82, 2.24) is 4.40 Å². The predicted molar refractivity (Wildman–Crippen MR) is 126 cm³/mol. The number of carbonyl (C=O) groups excluding carboxylic acids is 2. The average Bonchev–Trinajstić information content (AvgIpc) is 3.12. The Labute approximate surface area is 197 Å². The molecular formula is C23H17Cl2N4O4+. The molecule has 0 spiro atoms. The van der Waals surface area contributed by atoms with Crippen LogP contribution in [0.1, 0.15) is 26.4 Å². The number of fused-ring (bicyclic) bond motifs is 1. The molecule has 0 fully saturated rings. The number of hydrogen-bond acceptors (Lipinski definition) is 5. The monoisotopic (exact) mass is 483 g/mol. The Kier molecular flexibility index (Phi) is 6.15. The highest BCUT2D eigenvalue weighted by Crippen LogP contribution is 2.31. The highest BCUT2D eigenvalue weighted by Gasteiger charge is 2.27. The van der Waals surface area contributed by atoms with Crippen molar-refractivity contribution in [1.29, 1.82) is 0 Å². The third kappa shape index (κ3) is 4.19. The first-order chi connectivity index (χ1) is 15.8. The molecule has 4 N–H and O–H groups in total. The lowest BCUT2D eigenvalue weighted by Gasteiger charge is -2.07. The predicted octanol–water partition coefficient (Wildman–Crippen LogP) is 4.67. The molecule has 166 valence electrons. The van der Waals surface area contributed by atoms with Gasteiger partial charge in [-0.3, -0.25) is 9.59 Å². The van der Waals surface area contributed by atoms with Crippen molar-refractivity contribution in [2.45, 2.75) is 0 Å². The number of nitrogens with two attached hydrogens (primary N) is 1. The van der Waals surface area contributed by atoms with E-state index in [1.165, 1.54) is 34.7 Å². The van der Waals surface area contributed by atoms with Crippen LogP contribution in [0, 0.1) is 4.91 Å². The Morgan fingerprint density at radius 1 is 1.03 bits per heavy atom. The van der Waals surface area contributed by atoms with Crippen LogP contribution in [-0.2, 0) is 0 Å². The van der Waals surface area contributed by atoms with Crippen molar-refractivity contribution in [3.63, 3.8) is 0 Å². The highest BCUT2D eigenvalue weighted by molar-refractivity contribution is 6.42. The van der Waals surface area contributed by atoms with Crippen molar-refractivity contribution in [2.24, 2.45) is 0 Å². The van der Waals surface area contributed by atoms with Crippen LogP contribution in [-0.4, -0.2) is 32.7 Å². The summed E-state index contributed by atoms with van der Waals surface area (Å²) >= 11 is 12.0. The maximum atomic E-state index is 13.4. The van der Waals surface area contributed by atoms with Gasteiger partial charge < -0.3 is 20.6 Å². The summed E-state index contributed by atoms with van der Waals surface area (Å²) in [5.74, 6) is -1.02. The van der Waals surface area contributed by atoms with Crippen molar-refractivity contribution in [3.05, 3.63) is 98.6 Å². The van der Waals surface area contributed by atoms with E-state index >= 15 is 0 Å². The van der Waals surface area contributed by atoms with Crippen molar-refractivity contribution >= 4 is 57.5 Å². The van der Waals surface area contributed by atoms with Gasteiger partial charge in [-0.2, -0.15) is 0 Å². The van der Waals surface area contributed by atoms with Gasteiger partial charge in [-0.05, 0) is 30.3 Å². The van der Waals surface area contributed by atoms with Gasteiger partial charge in [0.2, 0.25) is 5.78 Å². The molecular weight excluding hydrogens is 467 g/mol. The molecule has 2 heterocycles. The zero-order chi connectivity index (χ0) is 23.7. The van der Waals surface area contributed by atoms with Crippen LogP contribution in [0.25, 0.3) is 5.52 Å². The lowest BCUT2D eigenvalue weighted by Crippen LogP contribution is -2.14. The van der Waals surface area contributed by atoms with E-state index in [0.29, 0.717) is 21.0 Å². The van der Waals surface area contributed by atoms with E-state index in [1.807, 2.05) is 0 Å². The second kappa shape index (κ2) is 9.03. The Bertz CT molecular complexity index is 1430. The molecule has 1 amide bonds. The van der Waals surface area contributed by atoms with Crippen LogP contribution >= 0.6 is 23.2 Å². The van der Waals surface area contributed by atoms with Gasteiger partial charge in [0.05, 0.1) is 31.6 Å². The van der Waals surface area contributed by atoms with Crippen LogP contribution in [0.3, 0.4) is 0 Å². The maximum absolute atomic E-state index is 13.4. The molecule has 2 aromatic carbocycles. The minimum absolute atomic E-state index is 0.0182. The topological polar surface area (TPSA) is 117 Å². The van der Waals surface area contributed by atoms with Gasteiger partial charge >= 0.3 is 0 Å². The van der Waals surface area contributed by atoms with Crippen LogP contribution in [0.15, 0.2) is 66.9 Å². The molecule has 8 nitrogen and oxygen atoms in total. The maximum Gasteiger partial charge on any atom is 0.299 e. The van der Waals surface area contributed by atoms with Crippen LogP contribution < -0.4 is 11.1 Å². The molecule has 0 bridgehead atoms. The fourth-order valence-corrected chi connectivity index (χ4v) is 3.78. The van der Waals surface area contributed by atoms with Gasteiger partial charge in [0.15, 0.2) is 0 Å². The Morgan fingerprint density at radius 3 is 2.55 bits per heavy atom. The first-order valence-corrected chi connectivity index (χ1v) is 10.4. The van der Waals surface area contributed by atoms with E-state index in [0.717, 1.165) is 0 Å². The molecule has 0 atom stereocenters. The van der Waals surface area contributed by atoms with Crippen LogP contribution in [0.5, 0.6) is 0 Å². The third-order valence-electron chi connectivity index (χ3n) is 5.03. The summed E-state index contributed by atoms with van der Waals surface area (Å²) in [6.45, 7) is -0.757. The summed E-state index contributed by atoms with van der Waals surface area (Å²) in [5, 5.41) is 12.4. The van der Waals surface area contributed by atoms with Crippen molar-refractivity contribution in [2.75, 3.05) is 17.8 Å². The number of carbonyl (C=O) groups is 2. The van der Waals surface area contributed by atoms with Gasteiger partial charge in [-0.15, -0.1) is 0 Å². The van der Waals surface area contributed by atoms with Gasteiger partial charge in [-0.25, -0.2) is 0 Å². The molecule has 0 saturated heterocycles. The van der Waals surface area contributed by atoms with E-state index in [1.54, 1.807) is 36.5 Å². The fourth-order valence-electron chi connectivity index (χ4n) is 3.49. The molecule has 0 aliphatic carbocycles. The molecule has 2 aromatic heterocycles. The first kappa shape index (κ1) is 22.5. The highest BCUT2D eigenvalue weighted by atomic mass is 35.5. The standard InChI is InChI=1S/C23H16Cl2N4O4/c24-16-8-7-14(11-17(16)25)27-23(32)19-18-6-1-2-9-28(18)21(20(19)26)22(31)13-4-3-5-15(10-13)29(33)12-30/h1-11,30H,12H2,(H2-,26,27,31,32)/p+1. The summed E-state index contributed by atoms with van der Waals surface area (Å²) in [5.41, 5.74) is 7.61. The molecule has 0 aliphatic rings. The summed E-state index contributed by atoms with van der Waals surface area (Å²) in [4.78, 5) is 38.3.